The average Bonchev–Trinajstić information content (AvgIpc) is 2.44. The van der Waals surface area contributed by atoms with Gasteiger partial charge in [0, 0.05) is 11.0 Å². The normalized spacial score (nSPS) is 10.3. The largest absolute Gasteiger partial charge is 0.490 e. The molecule has 1 amide bonds. The highest BCUT2D eigenvalue weighted by Gasteiger charge is 2.13. The Hall–Kier alpha value is -1.27. The summed E-state index contributed by atoms with van der Waals surface area (Å²) in [6.07, 6.45) is 1.07. The topological polar surface area (TPSA) is 73.6 Å². The maximum atomic E-state index is 11.9. The molecule has 6 heteroatoms. The zero-order valence-electron chi connectivity index (χ0n) is 12.6. The van der Waals surface area contributed by atoms with Gasteiger partial charge in [0.05, 0.1) is 19.6 Å². The van der Waals surface area contributed by atoms with Crippen molar-refractivity contribution in [3.63, 3.8) is 0 Å². The lowest BCUT2D eigenvalue weighted by Crippen LogP contribution is -2.27. The van der Waals surface area contributed by atoms with E-state index in [0.717, 1.165) is 16.5 Å². The molecule has 0 saturated carbocycles. The summed E-state index contributed by atoms with van der Waals surface area (Å²) >= 11 is 3.48. The molecule has 118 valence electrons. The fourth-order valence-electron chi connectivity index (χ4n) is 1.81. The van der Waals surface area contributed by atoms with Gasteiger partial charge >= 0.3 is 0 Å². The molecule has 0 fully saturated rings. The first-order valence-electron chi connectivity index (χ1n) is 7.17. The molecular formula is C15H23BrN2O3. The Kier molecular flexibility index (Phi) is 8.15. The van der Waals surface area contributed by atoms with Crippen molar-refractivity contribution >= 4 is 21.8 Å². The van der Waals surface area contributed by atoms with Gasteiger partial charge in [0.25, 0.3) is 0 Å². The predicted octanol–water partition coefficient (Wildman–Crippen LogP) is 2.25. The van der Waals surface area contributed by atoms with Crippen molar-refractivity contribution in [3.8, 4) is 11.5 Å². The molecule has 1 rings (SSSR count). The summed E-state index contributed by atoms with van der Waals surface area (Å²) in [5.41, 5.74) is 6.27. The number of halogens is 1. The summed E-state index contributed by atoms with van der Waals surface area (Å²) in [6.45, 7) is 6.11. The van der Waals surface area contributed by atoms with Crippen molar-refractivity contribution in [2.45, 2.75) is 26.7 Å². The molecular weight excluding hydrogens is 336 g/mol. The molecule has 0 aliphatic rings. The Morgan fingerprint density at radius 3 is 2.43 bits per heavy atom. The minimum atomic E-state index is -0.0317. The molecule has 1 aromatic rings. The highest BCUT2D eigenvalue weighted by molar-refractivity contribution is 9.10. The Morgan fingerprint density at radius 1 is 1.24 bits per heavy atom. The first-order valence-corrected chi connectivity index (χ1v) is 7.96. The third-order valence-electron chi connectivity index (χ3n) is 2.77. The monoisotopic (exact) mass is 358 g/mol. The Labute approximate surface area is 134 Å². The quantitative estimate of drug-likeness (QED) is 0.664. The van der Waals surface area contributed by atoms with Crippen LogP contribution in [0.3, 0.4) is 0 Å². The van der Waals surface area contributed by atoms with Crippen LogP contribution in [-0.4, -0.2) is 32.2 Å². The summed E-state index contributed by atoms with van der Waals surface area (Å²) in [7, 11) is 0. The van der Waals surface area contributed by atoms with E-state index in [1.54, 1.807) is 0 Å². The summed E-state index contributed by atoms with van der Waals surface area (Å²) in [5, 5.41) is 2.84. The highest BCUT2D eigenvalue weighted by Crippen LogP contribution is 2.34. The van der Waals surface area contributed by atoms with E-state index in [0.29, 0.717) is 37.8 Å². The lowest BCUT2D eigenvalue weighted by molar-refractivity contribution is -0.120. The van der Waals surface area contributed by atoms with E-state index in [4.69, 9.17) is 15.2 Å². The lowest BCUT2D eigenvalue weighted by Gasteiger charge is -2.14. The molecule has 0 spiro atoms. The highest BCUT2D eigenvalue weighted by atomic mass is 79.9. The Balaban J connectivity index is 2.81. The van der Waals surface area contributed by atoms with E-state index in [-0.39, 0.29) is 12.3 Å². The van der Waals surface area contributed by atoms with E-state index in [1.165, 1.54) is 0 Å². The van der Waals surface area contributed by atoms with Gasteiger partial charge in [0.15, 0.2) is 11.5 Å². The van der Waals surface area contributed by atoms with E-state index in [9.17, 15) is 4.79 Å². The number of nitrogens with two attached hydrogens (primary N) is 1. The molecule has 0 aliphatic heterocycles. The van der Waals surface area contributed by atoms with Gasteiger partial charge < -0.3 is 20.5 Å². The van der Waals surface area contributed by atoms with Crippen molar-refractivity contribution in [1.29, 1.82) is 0 Å². The molecule has 3 N–H and O–H groups in total. The van der Waals surface area contributed by atoms with Crippen molar-refractivity contribution in [2.24, 2.45) is 5.73 Å². The standard InChI is InChI=1S/C15H23BrN2O3/c1-3-20-13-8-11(9-15(19)18-7-5-6-17)12(16)10-14(13)21-4-2/h8,10H,3-7,9,17H2,1-2H3,(H,18,19). The van der Waals surface area contributed by atoms with E-state index < -0.39 is 0 Å². The van der Waals surface area contributed by atoms with Gasteiger partial charge in [-0.15, -0.1) is 0 Å². The maximum absolute atomic E-state index is 11.9. The zero-order chi connectivity index (χ0) is 15.7. The molecule has 1 aromatic carbocycles. The van der Waals surface area contributed by atoms with Crippen molar-refractivity contribution in [2.75, 3.05) is 26.3 Å². The van der Waals surface area contributed by atoms with Crippen molar-refractivity contribution in [1.82, 2.24) is 5.32 Å². The first kappa shape index (κ1) is 17.8. The number of amides is 1. The number of hydrogen-bond donors (Lipinski definition) is 2. The molecule has 0 atom stereocenters. The van der Waals surface area contributed by atoms with Crippen LogP contribution in [0.25, 0.3) is 0 Å². The summed E-state index contributed by atoms with van der Waals surface area (Å²) in [6, 6.07) is 3.69. The van der Waals surface area contributed by atoms with E-state index in [1.807, 2.05) is 26.0 Å². The first-order chi connectivity index (χ1) is 10.1. The third kappa shape index (κ3) is 5.93. The van der Waals surface area contributed by atoms with Crippen LogP contribution in [0, 0.1) is 0 Å². The number of carbonyl (C=O) groups is 1. The average molecular weight is 359 g/mol. The van der Waals surface area contributed by atoms with Crippen LogP contribution < -0.4 is 20.5 Å². The second kappa shape index (κ2) is 9.63. The number of rotatable bonds is 9. The predicted molar refractivity (Wildman–Crippen MR) is 86.9 cm³/mol. The molecule has 0 aliphatic carbocycles. The van der Waals surface area contributed by atoms with Crippen LogP contribution in [0.1, 0.15) is 25.8 Å². The summed E-state index contributed by atoms with van der Waals surface area (Å²) in [5.74, 6) is 1.31. The molecule has 0 unspecified atom stereocenters. The van der Waals surface area contributed by atoms with Gasteiger partial charge in [-0.2, -0.15) is 0 Å². The smallest absolute Gasteiger partial charge is 0.224 e. The minimum Gasteiger partial charge on any atom is -0.490 e. The number of carbonyl (C=O) groups excluding carboxylic acids is 1. The Bertz CT molecular complexity index is 466. The van der Waals surface area contributed by atoms with Crippen LogP contribution in [0.2, 0.25) is 0 Å². The van der Waals surface area contributed by atoms with E-state index >= 15 is 0 Å². The molecule has 0 saturated heterocycles. The number of ether oxygens (including phenoxy) is 2. The molecule has 0 radical (unpaired) electrons. The fourth-order valence-corrected chi connectivity index (χ4v) is 2.28. The minimum absolute atomic E-state index is 0.0317. The number of hydrogen-bond acceptors (Lipinski definition) is 4. The Morgan fingerprint density at radius 2 is 1.86 bits per heavy atom. The van der Waals surface area contributed by atoms with Crippen LogP contribution in [0.4, 0.5) is 0 Å². The van der Waals surface area contributed by atoms with E-state index in [2.05, 4.69) is 21.2 Å². The van der Waals surface area contributed by atoms with Gasteiger partial charge in [-0.1, -0.05) is 15.9 Å². The summed E-state index contributed by atoms with van der Waals surface area (Å²) in [4.78, 5) is 11.9. The second-order valence-corrected chi connectivity index (χ2v) is 5.28. The lowest BCUT2D eigenvalue weighted by atomic mass is 10.1. The van der Waals surface area contributed by atoms with Crippen LogP contribution in [0.5, 0.6) is 11.5 Å². The molecule has 21 heavy (non-hydrogen) atoms. The number of nitrogens with one attached hydrogen (secondary N) is 1. The van der Waals surface area contributed by atoms with Gasteiger partial charge in [-0.25, -0.2) is 0 Å². The van der Waals surface area contributed by atoms with Crippen LogP contribution in [0.15, 0.2) is 16.6 Å². The maximum Gasteiger partial charge on any atom is 0.224 e. The molecule has 0 aromatic heterocycles. The molecule has 0 heterocycles. The fraction of sp³-hybridized carbons (Fsp3) is 0.533. The van der Waals surface area contributed by atoms with Gasteiger partial charge in [-0.05, 0) is 44.5 Å². The van der Waals surface area contributed by atoms with Crippen LogP contribution >= 0.6 is 15.9 Å². The third-order valence-corrected chi connectivity index (χ3v) is 3.50. The SMILES string of the molecule is CCOc1cc(Br)c(CC(=O)NCCCN)cc1OCC. The number of benzene rings is 1. The van der Waals surface area contributed by atoms with Gasteiger partial charge in [0.1, 0.15) is 0 Å². The molecule has 0 bridgehead atoms. The van der Waals surface area contributed by atoms with Crippen LogP contribution in [-0.2, 0) is 11.2 Å². The van der Waals surface area contributed by atoms with Crippen molar-refractivity contribution in [3.05, 3.63) is 22.2 Å². The van der Waals surface area contributed by atoms with Gasteiger partial charge in [0.2, 0.25) is 5.91 Å². The zero-order valence-corrected chi connectivity index (χ0v) is 14.2. The molecule has 5 nitrogen and oxygen atoms in total. The van der Waals surface area contributed by atoms with Gasteiger partial charge in [-0.3, -0.25) is 4.79 Å². The summed E-state index contributed by atoms with van der Waals surface area (Å²) < 4.78 is 11.9. The second-order valence-electron chi connectivity index (χ2n) is 4.43. The van der Waals surface area contributed by atoms with Crippen molar-refractivity contribution < 1.29 is 14.3 Å².